The molecule has 0 aliphatic carbocycles. The highest BCUT2D eigenvalue weighted by Gasteiger charge is 2.42. The number of hydrogen-bond acceptors (Lipinski definition) is 3. The van der Waals surface area contributed by atoms with E-state index in [0.717, 1.165) is 44.6 Å². The lowest BCUT2D eigenvalue weighted by molar-refractivity contribution is -0.147. The second-order valence-electron chi connectivity index (χ2n) is 7.28. The summed E-state index contributed by atoms with van der Waals surface area (Å²) in [6.45, 7) is 4.34. The van der Waals surface area contributed by atoms with E-state index in [4.69, 9.17) is 0 Å². The molecule has 0 bridgehead atoms. The summed E-state index contributed by atoms with van der Waals surface area (Å²) in [6, 6.07) is 9.35. The maximum atomic E-state index is 13.3. The van der Waals surface area contributed by atoms with Crippen LogP contribution in [0.2, 0.25) is 0 Å². The third kappa shape index (κ3) is 3.53. The minimum Gasteiger partial charge on any atom is -0.340 e. The second-order valence-corrected chi connectivity index (χ2v) is 7.28. The van der Waals surface area contributed by atoms with Crippen LogP contribution >= 0.6 is 12.4 Å². The van der Waals surface area contributed by atoms with Gasteiger partial charge < -0.3 is 15.1 Å². The van der Waals surface area contributed by atoms with Gasteiger partial charge in [-0.2, -0.15) is 0 Å². The van der Waals surface area contributed by atoms with Crippen molar-refractivity contribution in [2.75, 3.05) is 32.7 Å². The number of halogens is 1. The van der Waals surface area contributed by atoms with E-state index in [-0.39, 0.29) is 24.2 Å². The van der Waals surface area contributed by atoms with Crippen molar-refractivity contribution in [1.82, 2.24) is 15.1 Å². The van der Waals surface area contributed by atoms with Gasteiger partial charge in [0, 0.05) is 39.1 Å². The van der Waals surface area contributed by atoms with Gasteiger partial charge in [-0.25, -0.2) is 0 Å². The smallest absolute Gasteiger partial charge is 0.250 e. The van der Waals surface area contributed by atoms with Gasteiger partial charge in [0.15, 0.2) is 0 Å². The van der Waals surface area contributed by atoms with Crippen LogP contribution in [0, 0.1) is 11.8 Å². The van der Waals surface area contributed by atoms with Crippen molar-refractivity contribution >= 4 is 24.2 Å². The molecule has 25 heavy (non-hydrogen) atoms. The molecule has 1 unspecified atom stereocenters. The van der Waals surface area contributed by atoms with Gasteiger partial charge in [-0.15, -0.1) is 12.4 Å². The highest BCUT2D eigenvalue weighted by Crippen LogP contribution is 2.32. The molecule has 3 aliphatic rings. The number of nitrogens with one attached hydrogen (secondary N) is 1. The topological polar surface area (TPSA) is 52.7 Å². The van der Waals surface area contributed by atoms with Crippen LogP contribution in [0.3, 0.4) is 0 Å². The predicted octanol–water partition coefficient (Wildman–Crippen LogP) is 1.84. The summed E-state index contributed by atoms with van der Waals surface area (Å²) in [5, 5.41) is 3.41. The summed E-state index contributed by atoms with van der Waals surface area (Å²) in [6.07, 6.45) is 2.48. The van der Waals surface area contributed by atoms with Crippen LogP contribution in [-0.2, 0) is 9.59 Å². The molecule has 0 saturated carbocycles. The average Bonchev–Trinajstić information content (AvgIpc) is 3.19. The standard InChI is InChI=1S/C19H25N3O2.ClH/c23-17-8-4-5-9-22(17)18(14-6-2-1-3-7-14)19(24)21-12-15-10-20-11-16(15)13-21;/h1-3,6-7,15-16,18,20H,4-5,8-13H2;1H/t15-,16+,18?;. The Hall–Kier alpha value is -1.59. The monoisotopic (exact) mass is 363 g/mol. The molecule has 3 fully saturated rings. The van der Waals surface area contributed by atoms with E-state index < -0.39 is 6.04 Å². The molecule has 3 heterocycles. The van der Waals surface area contributed by atoms with Gasteiger partial charge in [-0.05, 0) is 30.2 Å². The maximum Gasteiger partial charge on any atom is 0.250 e. The zero-order valence-corrected chi connectivity index (χ0v) is 15.2. The first kappa shape index (κ1) is 18.2. The number of nitrogens with zero attached hydrogens (tertiary/aromatic N) is 2. The van der Waals surface area contributed by atoms with Crippen LogP contribution in [0.4, 0.5) is 0 Å². The summed E-state index contributed by atoms with van der Waals surface area (Å²) in [7, 11) is 0. The van der Waals surface area contributed by atoms with Crippen LogP contribution in [0.1, 0.15) is 30.9 Å². The average molecular weight is 364 g/mol. The van der Waals surface area contributed by atoms with Crippen molar-refractivity contribution in [3.8, 4) is 0 Å². The Morgan fingerprint density at radius 3 is 2.40 bits per heavy atom. The third-order valence-corrected chi connectivity index (χ3v) is 5.72. The van der Waals surface area contributed by atoms with Crippen molar-refractivity contribution in [2.24, 2.45) is 11.8 Å². The van der Waals surface area contributed by atoms with E-state index in [9.17, 15) is 9.59 Å². The Labute approximate surface area is 155 Å². The zero-order valence-electron chi connectivity index (χ0n) is 14.4. The molecule has 5 nitrogen and oxygen atoms in total. The molecule has 3 saturated heterocycles. The molecule has 4 rings (SSSR count). The number of piperidine rings is 1. The van der Waals surface area contributed by atoms with E-state index in [1.54, 1.807) is 0 Å². The van der Waals surface area contributed by atoms with E-state index in [2.05, 4.69) is 5.32 Å². The van der Waals surface area contributed by atoms with Crippen molar-refractivity contribution in [3.63, 3.8) is 0 Å². The molecule has 0 aromatic heterocycles. The molecule has 1 aromatic rings. The van der Waals surface area contributed by atoms with Crippen LogP contribution in [0.15, 0.2) is 30.3 Å². The van der Waals surface area contributed by atoms with E-state index in [1.165, 1.54) is 0 Å². The Morgan fingerprint density at radius 2 is 1.76 bits per heavy atom. The Kier molecular flexibility index (Phi) is 5.64. The number of carbonyl (C=O) groups excluding carboxylic acids is 2. The summed E-state index contributed by atoms with van der Waals surface area (Å²) >= 11 is 0. The van der Waals surface area contributed by atoms with Crippen molar-refractivity contribution < 1.29 is 9.59 Å². The third-order valence-electron chi connectivity index (χ3n) is 5.72. The quantitative estimate of drug-likeness (QED) is 0.891. The Morgan fingerprint density at radius 1 is 1.08 bits per heavy atom. The zero-order chi connectivity index (χ0) is 16.5. The Balaban J connectivity index is 0.00000182. The normalized spacial score (nSPS) is 27.0. The number of carbonyl (C=O) groups is 2. The number of amides is 2. The van der Waals surface area contributed by atoms with E-state index in [1.807, 2.05) is 40.1 Å². The van der Waals surface area contributed by atoms with Crippen molar-refractivity contribution in [2.45, 2.75) is 25.3 Å². The van der Waals surface area contributed by atoms with Gasteiger partial charge in [0.1, 0.15) is 6.04 Å². The van der Waals surface area contributed by atoms with Gasteiger partial charge in [0.25, 0.3) is 0 Å². The minimum absolute atomic E-state index is 0. The SMILES string of the molecule is Cl.O=C(C(c1ccccc1)N1CCCCC1=O)N1C[C@H]2CNC[C@H]2C1. The van der Waals surface area contributed by atoms with Crippen LogP contribution < -0.4 is 5.32 Å². The predicted molar refractivity (Wildman–Crippen MR) is 98.4 cm³/mol. The highest BCUT2D eigenvalue weighted by molar-refractivity contribution is 5.89. The Bertz CT molecular complexity index is 612. The summed E-state index contributed by atoms with van der Waals surface area (Å²) in [5.41, 5.74) is 0.938. The first-order valence-corrected chi connectivity index (χ1v) is 9.08. The molecule has 2 amide bonds. The molecule has 0 spiro atoms. The number of hydrogen-bond donors (Lipinski definition) is 1. The van der Waals surface area contributed by atoms with E-state index >= 15 is 0 Å². The molecule has 3 atom stereocenters. The number of benzene rings is 1. The molecular weight excluding hydrogens is 338 g/mol. The molecular formula is C19H26ClN3O2. The second kappa shape index (κ2) is 7.75. The largest absolute Gasteiger partial charge is 0.340 e. The van der Waals surface area contributed by atoms with Crippen LogP contribution in [0.5, 0.6) is 0 Å². The number of fused-ring (bicyclic) bond motifs is 1. The molecule has 136 valence electrons. The first-order chi connectivity index (χ1) is 11.7. The molecule has 3 aliphatic heterocycles. The minimum atomic E-state index is -0.453. The van der Waals surface area contributed by atoms with Gasteiger partial charge >= 0.3 is 0 Å². The molecule has 1 N–H and O–H groups in total. The molecule has 6 heteroatoms. The van der Waals surface area contributed by atoms with Gasteiger partial charge in [0.05, 0.1) is 0 Å². The lowest BCUT2D eigenvalue weighted by atomic mass is 10.00. The van der Waals surface area contributed by atoms with Gasteiger partial charge in [-0.1, -0.05) is 30.3 Å². The summed E-state index contributed by atoms with van der Waals surface area (Å²) < 4.78 is 0. The number of likely N-dealkylation sites (tertiary alicyclic amines) is 2. The van der Waals surface area contributed by atoms with Gasteiger partial charge in [0.2, 0.25) is 11.8 Å². The fraction of sp³-hybridized carbons (Fsp3) is 0.579. The fourth-order valence-electron chi connectivity index (χ4n) is 4.40. The lowest BCUT2D eigenvalue weighted by Crippen LogP contribution is -2.47. The van der Waals surface area contributed by atoms with Crippen molar-refractivity contribution in [3.05, 3.63) is 35.9 Å². The highest BCUT2D eigenvalue weighted by atomic mass is 35.5. The van der Waals surface area contributed by atoms with Crippen LogP contribution in [0.25, 0.3) is 0 Å². The maximum absolute atomic E-state index is 13.3. The van der Waals surface area contributed by atoms with Crippen LogP contribution in [-0.4, -0.2) is 54.3 Å². The first-order valence-electron chi connectivity index (χ1n) is 9.08. The molecule has 1 aromatic carbocycles. The van der Waals surface area contributed by atoms with Crippen molar-refractivity contribution in [1.29, 1.82) is 0 Å². The summed E-state index contributed by atoms with van der Waals surface area (Å²) in [4.78, 5) is 29.6. The van der Waals surface area contributed by atoms with Gasteiger partial charge in [-0.3, -0.25) is 9.59 Å². The summed E-state index contributed by atoms with van der Waals surface area (Å²) in [5.74, 6) is 1.36. The molecule has 0 radical (unpaired) electrons. The van der Waals surface area contributed by atoms with E-state index in [0.29, 0.717) is 24.8 Å². The fourth-order valence-corrected chi connectivity index (χ4v) is 4.40. The number of rotatable bonds is 3. The lowest BCUT2D eigenvalue weighted by Gasteiger charge is -2.36.